The highest BCUT2D eigenvalue weighted by Gasteiger charge is 1.98. The normalized spacial score (nSPS) is 10.3. The van der Waals surface area contributed by atoms with Gasteiger partial charge in [0.1, 0.15) is 6.61 Å². The molecular formula is C11H23NO3. The Hall–Kier alpha value is -0.610. The number of ether oxygens (including phenoxy) is 1. The maximum atomic E-state index is 10.5. The van der Waals surface area contributed by atoms with Gasteiger partial charge in [-0.3, -0.25) is 0 Å². The number of aliphatic hydroxyl groups excluding tert-OH is 1. The Morgan fingerprint density at radius 1 is 1.13 bits per heavy atom. The molecule has 0 unspecified atom stereocenters. The zero-order valence-corrected chi connectivity index (χ0v) is 9.63. The van der Waals surface area contributed by atoms with Crippen molar-refractivity contribution >= 4 is 5.97 Å². The first kappa shape index (κ1) is 14.4. The van der Waals surface area contributed by atoms with Gasteiger partial charge in [-0.05, 0) is 26.4 Å². The summed E-state index contributed by atoms with van der Waals surface area (Å²) in [4.78, 5) is 10.5. The molecule has 15 heavy (non-hydrogen) atoms. The number of unbranched alkanes of at least 4 members (excludes halogenated alkanes) is 5. The van der Waals surface area contributed by atoms with Crippen molar-refractivity contribution in [3.63, 3.8) is 0 Å². The van der Waals surface area contributed by atoms with E-state index in [1.807, 2.05) is 7.05 Å². The molecule has 0 aromatic heterocycles. The maximum Gasteiger partial charge on any atom is 0.331 e. The second-order valence-corrected chi connectivity index (χ2v) is 3.60. The van der Waals surface area contributed by atoms with Crippen molar-refractivity contribution in [2.75, 3.05) is 26.8 Å². The molecule has 4 nitrogen and oxygen atoms in total. The molecule has 0 amide bonds. The molecular weight excluding hydrogens is 194 g/mol. The zero-order valence-electron chi connectivity index (χ0n) is 9.63. The molecule has 0 aliphatic carbocycles. The molecule has 2 N–H and O–H groups in total. The van der Waals surface area contributed by atoms with E-state index in [9.17, 15) is 4.79 Å². The second kappa shape index (κ2) is 11.5. The summed E-state index contributed by atoms with van der Waals surface area (Å²) in [6, 6.07) is 0. The third kappa shape index (κ3) is 11.3. The number of esters is 1. The minimum absolute atomic E-state index is 0.440. The van der Waals surface area contributed by atoms with Gasteiger partial charge in [0.25, 0.3) is 0 Å². The molecule has 0 aliphatic heterocycles. The molecule has 0 bridgehead atoms. The second-order valence-electron chi connectivity index (χ2n) is 3.60. The predicted molar refractivity (Wildman–Crippen MR) is 59.7 cm³/mol. The predicted octanol–water partition coefficient (Wildman–Crippen LogP) is 1.08. The Kier molecular flexibility index (Phi) is 11.0. The average molecular weight is 217 g/mol. The first-order chi connectivity index (χ1) is 7.31. The summed E-state index contributed by atoms with van der Waals surface area (Å²) in [5.41, 5.74) is 0. The Balaban J connectivity index is 2.95. The maximum absolute atomic E-state index is 10.5. The van der Waals surface area contributed by atoms with Gasteiger partial charge < -0.3 is 15.2 Å². The van der Waals surface area contributed by atoms with E-state index in [1.165, 1.54) is 25.7 Å². The molecule has 0 spiro atoms. The molecule has 4 heteroatoms. The standard InChI is InChI=1S/C11H23NO3/c1-12-8-6-4-2-3-5-7-9-15-11(14)10-13/h12-13H,2-10H2,1H3. The minimum Gasteiger partial charge on any atom is -0.464 e. The van der Waals surface area contributed by atoms with E-state index in [2.05, 4.69) is 5.32 Å². The number of aliphatic hydroxyl groups is 1. The van der Waals surface area contributed by atoms with Crippen LogP contribution in [0.3, 0.4) is 0 Å². The summed E-state index contributed by atoms with van der Waals surface area (Å²) < 4.78 is 4.74. The van der Waals surface area contributed by atoms with Crippen molar-refractivity contribution in [3.8, 4) is 0 Å². The summed E-state index contributed by atoms with van der Waals surface area (Å²) in [6.07, 6.45) is 6.93. The van der Waals surface area contributed by atoms with Crippen molar-refractivity contribution in [2.45, 2.75) is 38.5 Å². The number of carbonyl (C=O) groups excluding carboxylic acids is 1. The fourth-order valence-electron chi connectivity index (χ4n) is 1.34. The van der Waals surface area contributed by atoms with Crippen molar-refractivity contribution in [3.05, 3.63) is 0 Å². The Labute approximate surface area is 92.0 Å². The van der Waals surface area contributed by atoms with E-state index in [1.54, 1.807) is 0 Å². The molecule has 0 rings (SSSR count). The molecule has 0 heterocycles. The Morgan fingerprint density at radius 3 is 2.33 bits per heavy atom. The summed E-state index contributed by atoms with van der Waals surface area (Å²) in [5.74, 6) is -0.524. The van der Waals surface area contributed by atoms with Crippen LogP contribution in [0.25, 0.3) is 0 Å². The summed E-state index contributed by atoms with van der Waals surface area (Å²) in [5, 5.41) is 11.5. The smallest absolute Gasteiger partial charge is 0.331 e. The topological polar surface area (TPSA) is 58.6 Å². The zero-order chi connectivity index (χ0) is 11.4. The van der Waals surface area contributed by atoms with Crippen molar-refractivity contribution in [1.29, 1.82) is 0 Å². The van der Waals surface area contributed by atoms with Gasteiger partial charge in [0.05, 0.1) is 6.61 Å². The van der Waals surface area contributed by atoms with Gasteiger partial charge in [-0.25, -0.2) is 4.79 Å². The van der Waals surface area contributed by atoms with Gasteiger partial charge in [-0.2, -0.15) is 0 Å². The van der Waals surface area contributed by atoms with Gasteiger partial charge in [-0.1, -0.05) is 25.7 Å². The lowest BCUT2D eigenvalue weighted by Crippen LogP contribution is -2.09. The van der Waals surface area contributed by atoms with E-state index in [0.29, 0.717) is 6.61 Å². The highest BCUT2D eigenvalue weighted by molar-refractivity contribution is 5.70. The lowest BCUT2D eigenvalue weighted by molar-refractivity contribution is -0.147. The quantitative estimate of drug-likeness (QED) is 0.425. The number of nitrogens with one attached hydrogen (secondary N) is 1. The van der Waals surface area contributed by atoms with Crippen LogP contribution in [0.4, 0.5) is 0 Å². The number of hydrogen-bond acceptors (Lipinski definition) is 4. The number of hydrogen-bond donors (Lipinski definition) is 2. The fraction of sp³-hybridized carbons (Fsp3) is 0.909. The van der Waals surface area contributed by atoms with Crippen LogP contribution in [0.2, 0.25) is 0 Å². The molecule has 0 fully saturated rings. The van der Waals surface area contributed by atoms with Crippen LogP contribution in [0.5, 0.6) is 0 Å². The van der Waals surface area contributed by atoms with Gasteiger partial charge in [0.15, 0.2) is 0 Å². The van der Waals surface area contributed by atoms with Gasteiger partial charge in [0, 0.05) is 0 Å². The minimum atomic E-state index is -0.524. The molecule has 0 aliphatic rings. The first-order valence-corrected chi connectivity index (χ1v) is 5.72. The van der Waals surface area contributed by atoms with Crippen LogP contribution in [0.15, 0.2) is 0 Å². The summed E-state index contributed by atoms with van der Waals surface area (Å²) >= 11 is 0. The van der Waals surface area contributed by atoms with Gasteiger partial charge in [-0.15, -0.1) is 0 Å². The van der Waals surface area contributed by atoms with Crippen LogP contribution in [0, 0.1) is 0 Å². The lowest BCUT2D eigenvalue weighted by Gasteiger charge is -2.03. The Morgan fingerprint density at radius 2 is 1.73 bits per heavy atom. The van der Waals surface area contributed by atoms with E-state index < -0.39 is 12.6 Å². The lowest BCUT2D eigenvalue weighted by atomic mass is 10.1. The van der Waals surface area contributed by atoms with Crippen LogP contribution in [0.1, 0.15) is 38.5 Å². The number of rotatable bonds is 10. The van der Waals surface area contributed by atoms with Crippen LogP contribution < -0.4 is 5.32 Å². The molecule has 90 valence electrons. The molecule has 0 aromatic carbocycles. The molecule has 0 saturated heterocycles. The van der Waals surface area contributed by atoms with Crippen molar-refractivity contribution < 1.29 is 14.6 Å². The van der Waals surface area contributed by atoms with E-state index in [-0.39, 0.29) is 0 Å². The SMILES string of the molecule is CNCCCCCCCCOC(=O)CO. The largest absolute Gasteiger partial charge is 0.464 e. The van der Waals surface area contributed by atoms with Crippen molar-refractivity contribution in [2.24, 2.45) is 0 Å². The first-order valence-electron chi connectivity index (χ1n) is 5.72. The third-order valence-corrected chi connectivity index (χ3v) is 2.21. The molecule has 0 aromatic rings. The van der Waals surface area contributed by atoms with Crippen molar-refractivity contribution in [1.82, 2.24) is 5.32 Å². The Bertz CT molecular complexity index is 151. The molecule has 0 saturated carbocycles. The molecule has 0 radical (unpaired) electrons. The van der Waals surface area contributed by atoms with Gasteiger partial charge >= 0.3 is 5.97 Å². The fourth-order valence-corrected chi connectivity index (χ4v) is 1.34. The monoisotopic (exact) mass is 217 g/mol. The third-order valence-electron chi connectivity index (χ3n) is 2.21. The van der Waals surface area contributed by atoms with E-state index >= 15 is 0 Å². The summed E-state index contributed by atoms with van der Waals surface area (Å²) in [6.45, 7) is 1.02. The highest BCUT2D eigenvalue weighted by atomic mass is 16.5. The van der Waals surface area contributed by atoms with Crippen LogP contribution >= 0.6 is 0 Å². The van der Waals surface area contributed by atoms with Gasteiger partial charge in [0.2, 0.25) is 0 Å². The highest BCUT2D eigenvalue weighted by Crippen LogP contribution is 2.04. The van der Waals surface area contributed by atoms with E-state index in [0.717, 1.165) is 19.4 Å². The summed E-state index contributed by atoms with van der Waals surface area (Å²) in [7, 11) is 1.97. The average Bonchev–Trinajstić information content (AvgIpc) is 2.26. The number of carbonyl (C=O) groups is 1. The van der Waals surface area contributed by atoms with Crippen LogP contribution in [-0.4, -0.2) is 37.9 Å². The van der Waals surface area contributed by atoms with Crippen LogP contribution in [-0.2, 0) is 9.53 Å². The van der Waals surface area contributed by atoms with E-state index in [4.69, 9.17) is 9.84 Å². The molecule has 0 atom stereocenters.